The number of hydrogen-bond acceptors (Lipinski definition) is 5. The number of anilines is 1. The number of carbonyl (C=O) groups is 1. The molecule has 2 atom stereocenters. The molecular formula is C27H31F3N2O3. The number of esters is 1. The van der Waals surface area contributed by atoms with Crippen molar-refractivity contribution in [3.05, 3.63) is 53.2 Å². The average molecular weight is 489 g/mol. The van der Waals surface area contributed by atoms with Crippen molar-refractivity contribution in [1.82, 2.24) is 4.98 Å². The Kier molecular flexibility index (Phi) is 5.96. The van der Waals surface area contributed by atoms with Crippen molar-refractivity contribution in [3.63, 3.8) is 0 Å². The van der Waals surface area contributed by atoms with Gasteiger partial charge in [0.25, 0.3) is 0 Å². The molecule has 5 nitrogen and oxygen atoms in total. The van der Waals surface area contributed by atoms with Crippen LogP contribution in [0.15, 0.2) is 36.5 Å². The van der Waals surface area contributed by atoms with Gasteiger partial charge in [-0.25, -0.2) is 4.98 Å². The summed E-state index contributed by atoms with van der Waals surface area (Å²) in [4.78, 5) is 18.0. The highest BCUT2D eigenvalue weighted by Gasteiger charge is 2.51. The van der Waals surface area contributed by atoms with Crippen LogP contribution in [0.3, 0.4) is 0 Å². The fourth-order valence-corrected chi connectivity index (χ4v) is 5.92. The summed E-state index contributed by atoms with van der Waals surface area (Å²) in [5.41, 5.74) is 1.15. The molecule has 0 bridgehead atoms. The van der Waals surface area contributed by atoms with Gasteiger partial charge in [0.15, 0.2) is 0 Å². The first-order chi connectivity index (χ1) is 16.6. The van der Waals surface area contributed by atoms with Gasteiger partial charge in [-0.15, -0.1) is 0 Å². The summed E-state index contributed by atoms with van der Waals surface area (Å²) in [7, 11) is 3.10. The van der Waals surface area contributed by atoms with Gasteiger partial charge in [-0.05, 0) is 66.8 Å². The molecular weight excluding hydrogens is 457 g/mol. The zero-order valence-electron chi connectivity index (χ0n) is 20.3. The minimum atomic E-state index is -4.45. The lowest BCUT2D eigenvalue weighted by molar-refractivity contribution is -0.145. The minimum absolute atomic E-state index is 0.0394. The SMILES string of the molecule is COC(=O)C(C)C(c1ccc2c(c1)OC1(CC2)CC(N(C)c2ncccc2C(F)(F)F)C1)C1CC1. The first-order valence-corrected chi connectivity index (χ1v) is 12.3. The van der Waals surface area contributed by atoms with Crippen LogP contribution in [0.1, 0.15) is 61.6 Å². The molecule has 0 N–H and O–H groups in total. The summed E-state index contributed by atoms with van der Waals surface area (Å²) in [5, 5.41) is 0. The molecule has 1 aromatic carbocycles. The number of pyridine rings is 1. The van der Waals surface area contributed by atoms with Crippen LogP contribution < -0.4 is 9.64 Å². The third-order valence-electron chi connectivity index (χ3n) is 8.08. The summed E-state index contributed by atoms with van der Waals surface area (Å²) in [6.45, 7) is 1.93. The normalized spacial score (nSPS) is 25.1. The lowest BCUT2D eigenvalue weighted by Crippen LogP contribution is -2.59. The van der Waals surface area contributed by atoms with E-state index in [0.717, 1.165) is 48.6 Å². The zero-order valence-corrected chi connectivity index (χ0v) is 20.3. The number of rotatable bonds is 6. The third kappa shape index (κ3) is 4.47. The van der Waals surface area contributed by atoms with E-state index in [1.807, 2.05) is 6.92 Å². The van der Waals surface area contributed by atoms with Crippen LogP contribution in [0.4, 0.5) is 19.0 Å². The number of aromatic nitrogens is 1. The Morgan fingerprint density at radius 3 is 2.66 bits per heavy atom. The standard InChI is InChI=1S/C27H31F3N2O3/c1-16(25(33)34-3)23(18-7-8-18)19-9-6-17-10-11-26(35-22(17)13-19)14-20(15-26)32(2)24-21(27(28,29)30)5-4-12-31-24/h4-6,9,12-13,16,18,20,23H,7-8,10-11,14-15H2,1-3H3. The van der Waals surface area contributed by atoms with Gasteiger partial charge < -0.3 is 14.4 Å². The molecule has 2 saturated carbocycles. The number of carbonyl (C=O) groups excluding carboxylic acids is 1. The first kappa shape index (κ1) is 23.9. The van der Waals surface area contributed by atoms with E-state index in [1.165, 1.54) is 19.4 Å². The fourth-order valence-electron chi connectivity index (χ4n) is 5.92. The van der Waals surface area contributed by atoms with E-state index < -0.39 is 11.7 Å². The second-order valence-corrected chi connectivity index (χ2v) is 10.4. The molecule has 2 heterocycles. The van der Waals surface area contributed by atoms with Gasteiger partial charge in [-0.1, -0.05) is 19.1 Å². The average Bonchev–Trinajstić information content (AvgIpc) is 3.65. The summed E-state index contributed by atoms with van der Waals surface area (Å²) in [6.07, 6.45) is 2.15. The highest BCUT2D eigenvalue weighted by Crippen LogP contribution is 2.51. The maximum atomic E-state index is 13.5. The molecule has 0 amide bonds. The van der Waals surface area contributed by atoms with Gasteiger partial charge in [-0.3, -0.25) is 4.79 Å². The smallest absolute Gasteiger partial charge is 0.419 e. The van der Waals surface area contributed by atoms with E-state index in [9.17, 15) is 18.0 Å². The Balaban J connectivity index is 1.32. The number of fused-ring (bicyclic) bond motifs is 1. The molecule has 1 aliphatic heterocycles. The van der Waals surface area contributed by atoms with Crippen molar-refractivity contribution < 1.29 is 27.4 Å². The van der Waals surface area contributed by atoms with Crippen molar-refractivity contribution in [1.29, 1.82) is 0 Å². The van der Waals surface area contributed by atoms with Crippen LogP contribution in [-0.2, 0) is 22.1 Å². The lowest BCUT2D eigenvalue weighted by Gasteiger charge is -2.53. The monoisotopic (exact) mass is 488 g/mol. The van der Waals surface area contributed by atoms with E-state index in [2.05, 4.69) is 23.2 Å². The maximum Gasteiger partial charge on any atom is 0.419 e. The zero-order chi connectivity index (χ0) is 25.0. The number of hydrogen-bond donors (Lipinski definition) is 0. The predicted octanol–water partition coefficient (Wildman–Crippen LogP) is 5.77. The summed E-state index contributed by atoms with van der Waals surface area (Å²) >= 11 is 0. The van der Waals surface area contributed by atoms with E-state index in [-0.39, 0.29) is 35.3 Å². The highest BCUT2D eigenvalue weighted by molar-refractivity contribution is 5.73. The summed E-state index contributed by atoms with van der Waals surface area (Å²) < 4.78 is 52.0. The largest absolute Gasteiger partial charge is 0.487 e. The molecule has 1 aromatic heterocycles. The third-order valence-corrected chi connectivity index (χ3v) is 8.08. The van der Waals surface area contributed by atoms with Gasteiger partial charge in [0.1, 0.15) is 17.2 Å². The van der Waals surface area contributed by atoms with Crippen LogP contribution >= 0.6 is 0 Å². The maximum absolute atomic E-state index is 13.5. The molecule has 2 fully saturated rings. The van der Waals surface area contributed by atoms with Crippen LogP contribution in [0, 0.1) is 11.8 Å². The Hall–Kier alpha value is -2.77. The molecule has 5 rings (SSSR count). The number of aryl methyl sites for hydroxylation is 1. The number of nitrogens with zero attached hydrogens (tertiary/aromatic N) is 2. The van der Waals surface area contributed by atoms with Crippen molar-refractivity contribution in [2.24, 2.45) is 11.8 Å². The van der Waals surface area contributed by atoms with Crippen molar-refractivity contribution >= 4 is 11.8 Å². The van der Waals surface area contributed by atoms with Gasteiger partial charge >= 0.3 is 12.1 Å². The van der Waals surface area contributed by atoms with E-state index in [1.54, 1.807) is 11.9 Å². The van der Waals surface area contributed by atoms with E-state index >= 15 is 0 Å². The molecule has 0 saturated heterocycles. The molecule has 35 heavy (non-hydrogen) atoms. The topological polar surface area (TPSA) is 51.7 Å². The molecule has 188 valence electrons. The Labute approximate surface area is 203 Å². The quantitative estimate of drug-likeness (QED) is 0.484. The number of ether oxygens (including phenoxy) is 2. The van der Waals surface area contributed by atoms with Crippen molar-refractivity contribution in [2.45, 2.75) is 69.2 Å². The van der Waals surface area contributed by atoms with Gasteiger partial charge in [0.2, 0.25) is 0 Å². The number of benzene rings is 1. The Morgan fingerprint density at radius 2 is 2.00 bits per heavy atom. The fraction of sp³-hybridized carbons (Fsp3) is 0.556. The molecule has 8 heteroatoms. The van der Waals surface area contributed by atoms with Crippen LogP contribution in [0.2, 0.25) is 0 Å². The Bertz CT molecular complexity index is 1110. The van der Waals surface area contributed by atoms with Crippen molar-refractivity contribution in [3.8, 4) is 5.75 Å². The molecule has 3 aliphatic rings. The van der Waals surface area contributed by atoms with E-state index in [0.29, 0.717) is 18.8 Å². The van der Waals surface area contributed by atoms with Crippen LogP contribution in [0.25, 0.3) is 0 Å². The van der Waals surface area contributed by atoms with Gasteiger partial charge in [0, 0.05) is 32.1 Å². The first-order valence-electron chi connectivity index (χ1n) is 12.3. The molecule has 2 aromatic rings. The highest BCUT2D eigenvalue weighted by atomic mass is 19.4. The Morgan fingerprint density at radius 1 is 1.26 bits per heavy atom. The van der Waals surface area contributed by atoms with Gasteiger partial charge in [-0.2, -0.15) is 13.2 Å². The van der Waals surface area contributed by atoms with E-state index in [4.69, 9.17) is 9.47 Å². The van der Waals surface area contributed by atoms with Crippen molar-refractivity contribution in [2.75, 3.05) is 19.1 Å². The summed E-state index contributed by atoms with van der Waals surface area (Å²) in [6, 6.07) is 8.61. The van der Waals surface area contributed by atoms with Gasteiger partial charge in [0.05, 0.1) is 18.6 Å². The van der Waals surface area contributed by atoms with Crippen LogP contribution in [-0.4, -0.2) is 36.8 Å². The molecule has 2 aliphatic carbocycles. The lowest BCUT2D eigenvalue weighted by atomic mass is 9.70. The summed E-state index contributed by atoms with van der Waals surface area (Å²) in [5.74, 6) is 0.941. The minimum Gasteiger partial charge on any atom is -0.487 e. The van der Waals surface area contributed by atoms with Crippen LogP contribution in [0.5, 0.6) is 5.75 Å². The molecule has 2 unspecified atom stereocenters. The second-order valence-electron chi connectivity index (χ2n) is 10.4. The predicted molar refractivity (Wildman–Crippen MR) is 125 cm³/mol. The molecule has 0 radical (unpaired) electrons. The molecule has 1 spiro atoms. The second kappa shape index (κ2) is 8.71. The number of methoxy groups -OCH3 is 1. The number of halogens is 3. The number of alkyl halides is 3.